The minimum atomic E-state index is -0.421. The molecule has 0 spiro atoms. The zero-order chi connectivity index (χ0) is 20.7. The van der Waals surface area contributed by atoms with E-state index in [9.17, 15) is 14.4 Å². The molecule has 0 atom stereocenters. The predicted molar refractivity (Wildman–Crippen MR) is 113 cm³/mol. The van der Waals surface area contributed by atoms with Crippen LogP contribution in [0.4, 0.5) is 11.4 Å². The number of hydrogen-bond acceptors (Lipinski definition) is 3. The number of aryl methyl sites for hydroxylation is 2. The summed E-state index contributed by atoms with van der Waals surface area (Å²) in [4.78, 5) is 39.5. The molecule has 0 saturated carbocycles. The van der Waals surface area contributed by atoms with Gasteiger partial charge in [0.2, 0.25) is 0 Å². The lowest BCUT2D eigenvalue weighted by molar-refractivity contribution is 0.0925. The second kappa shape index (κ2) is 7.02. The van der Waals surface area contributed by atoms with Gasteiger partial charge in [-0.25, -0.2) is 4.90 Å². The van der Waals surface area contributed by atoms with E-state index < -0.39 is 5.91 Å². The van der Waals surface area contributed by atoms with Crippen LogP contribution in [0.15, 0.2) is 60.7 Å². The van der Waals surface area contributed by atoms with Gasteiger partial charge in [-0.05, 0) is 68.3 Å². The number of carbonyl (C=O) groups is 3. The molecule has 4 rings (SSSR count). The van der Waals surface area contributed by atoms with Crippen LogP contribution < -0.4 is 10.2 Å². The molecular weight excluding hydrogens is 364 g/mol. The molecule has 0 fully saturated rings. The minimum absolute atomic E-state index is 0.240. The van der Waals surface area contributed by atoms with Crippen LogP contribution in [0.5, 0.6) is 0 Å². The number of imide groups is 1. The third kappa shape index (κ3) is 3.21. The van der Waals surface area contributed by atoms with Crippen molar-refractivity contribution < 1.29 is 14.4 Å². The second-order valence-electron chi connectivity index (χ2n) is 7.24. The van der Waals surface area contributed by atoms with E-state index in [2.05, 4.69) is 5.32 Å². The summed E-state index contributed by atoms with van der Waals surface area (Å²) in [5.74, 6) is -1.12. The van der Waals surface area contributed by atoms with Gasteiger partial charge in [-0.3, -0.25) is 14.4 Å². The Bertz CT molecular complexity index is 1160. The quantitative estimate of drug-likeness (QED) is 0.668. The molecule has 0 radical (unpaired) electrons. The molecule has 3 aromatic rings. The van der Waals surface area contributed by atoms with Crippen LogP contribution in [-0.2, 0) is 0 Å². The van der Waals surface area contributed by atoms with Gasteiger partial charge in [0, 0.05) is 11.3 Å². The first-order valence-electron chi connectivity index (χ1n) is 9.34. The Kier molecular flexibility index (Phi) is 4.51. The van der Waals surface area contributed by atoms with Crippen molar-refractivity contribution in [1.29, 1.82) is 0 Å². The maximum atomic E-state index is 12.9. The first-order valence-corrected chi connectivity index (χ1v) is 9.34. The average Bonchev–Trinajstić information content (AvgIpc) is 2.96. The minimum Gasteiger partial charge on any atom is -0.322 e. The lowest BCUT2D eigenvalue weighted by Crippen LogP contribution is -2.29. The Morgan fingerprint density at radius 3 is 2.24 bits per heavy atom. The predicted octanol–water partition coefficient (Wildman–Crippen LogP) is 4.66. The number of hydrogen-bond donors (Lipinski definition) is 1. The van der Waals surface area contributed by atoms with Crippen LogP contribution in [0.25, 0.3) is 0 Å². The lowest BCUT2D eigenvalue weighted by Gasteiger charge is -2.13. The zero-order valence-electron chi connectivity index (χ0n) is 16.4. The van der Waals surface area contributed by atoms with E-state index in [1.54, 1.807) is 24.3 Å². The highest BCUT2D eigenvalue weighted by atomic mass is 16.2. The third-order valence-electron chi connectivity index (χ3n) is 5.29. The fourth-order valence-electron chi connectivity index (χ4n) is 3.39. The van der Waals surface area contributed by atoms with Crippen molar-refractivity contribution in [3.63, 3.8) is 0 Å². The maximum absolute atomic E-state index is 12.9. The molecule has 0 unspecified atom stereocenters. The van der Waals surface area contributed by atoms with Crippen LogP contribution >= 0.6 is 0 Å². The van der Waals surface area contributed by atoms with Gasteiger partial charge in [0.1, 0.15) is 0 Å². The van der Waals surface area contributed by atoms with Gasteiger partial charge in [0.25, 0.3) is 17.7 Å². The Morgan fingerprint density at radius 1 is 0.828 bits per heavy atom. The molecule has 1 aliphatic heterocycles. The zero-order valence-corrected chi connectivity index (χ0v) is 16.4. The van der Waals surface area contributed by atoms with Gasteiger partial charge >= 0.3 is 0 Å². The molecule has 0 saturated heterocycles. The van der Waals surface area contributed by atoms with Gasteiger partial charge in [0.15, 0.2) is 0 Å². The average molecular weight is 384 g/mol. The summed E-state index contributed by atoms with van der Waals surface area (Å²) in [6.45, 7) is 5.85. The Labute approximate surface area is 169 Å². The summed E-state index contributed by atoms with van der Waals surface area (Å²) < 4.78 is 0. The number of carbonyl (C=O) groups excluding carboxylic acids is 3. The molecule has 3 amide bonds. The molecule has 0 aliphatic carbocycles. The molecule has 5 heteroatoms. The van der Waals surface area contributed by atoms with E-state index in [4.69, 9.17) is 0 Å². The number of nitrogens with zero attached hydrogens (tertiary/aromatic N) is 1. The Morgan fingerprint density at radius 2 is 1.52 bits per heavy atom. The smallest absolute Gasteiger partial charge is 0.266 e. The Balaban J connectivity index is 1.64. The van der Waals surface area contributed by atoms with E-state index in [0.29, 0.717) is 16.8 Å². The van der Waals surface area contributed by atoms with Gasteiger partial charge in [-0.1, -0.05) is 29.8 Å². The van der Waals surface area contributed by atoms with Gasteiger partial charge < -0.3 is 5.32 Å². The van der Waals surface area contributed by atoms with Crippen molar-refractivity contribution in [3.05, 3.63) is 94.0 Å². The highest BCUT2D eigenvalue weighted by molar-refractivity contribution is 6.34. The van der Waals surface area contributed by atoms with Crippen molar-refractivity contribution >= 4 is 29.1 Å². The van der Waals surface area contributed by atoms with Crippen LogP contribution in [0.1, 0.15) is 47.8 Å². The molecule has 0 aromatic heterocycles. The molecule has 29 heavy (non-hydrogen) atoms. The molecule has 3 aromatic carbocycles. The normalized spacial score (nSPS) is 12.9. The Hall–Kier alpha value is -3.73. The van der Waals surface area contributed by atoms with Crippen molar-refractivity contribution in [1.82, 2.24) is 0 Å². The molecule has 0 bridgehead atoms. The fourth-order valence-corrected chi connectivity index (χ4v) is 3.39. The number of anilines is 2. The molecule has 144 valence electrons. The van der Waals surface area contributed by atoms with E-state index in [1.165, 1.54) is 6.07 Å². The summed E-state index contributed by atoms with van der Waals surface area (Å²) in [5, 5.41) is 2.88. The van der Waals surface area contributed by atoms with Crippen LogP contribution in [0, 0.1) is 20.8 Å². The fraction of sp³-hybridized carbons (Fsp3) is 0.125. The van der Waals surface area contributed by atoms with E-state index in [-0.39, 0.29) is 17.4 Å². The summed E-state index contributed by atoms with van der Waals surface area (Å²) >= 11 is 0. The van der Waals surface area contributed by atoms with Crippen molar-refractivity contribution in [2.24, 2.45) is 0 Å². The summed E-state index contributed by atoms with van der Waals surface area (Å²) in [5.41, 5.74) is 5.21. The number of benzene rings is 3. The molecule has 1 aliphatic rings. The topological polar surface area (TPSA) is 66.5 Å². The van der Waals surface area contributed by atoms with E-state index in [0.717, 1.165) is 27.3 Å². The summed E-state index contributed by atoms with van der Waals surface area (Å²) in [7, 11) is 0. The maximum Gasteiger partial charge on any atom is 0.266 e. The van der Waals surface area contributed by atoms with Crippen LogP contribution in [-0.4, -0.2) is 17.7 Å². The number of rotatable bonds is 3. The highest BCUT2D eigenvalue weighted by Crippen LogP contribution is 2.29. The van der Waals surface area contributed by atoms with E-state index >= 15 is 0 Å². The number of amides is 3. The first kappa shape index (κ1) is 18.6. The van der Waals surface area contributed by atoms with Crippen molar-refractivity contribution in [2.45, 2.75) is 20.8 Å². The van der Waals surface area contributed by atoms with Crippen molar-refractivity contribution in [3.8, 4) is 0 Å². The highest BCUT2D eigenvalue weighted by Gasteiger charge is 2.37. The van der Waals surface area contributed by atoms with Gasteiger partial charge in [0.05, 0.1) is 16.8 Å². The summed E-state index contributed by atoms with van der Waals surface area (Å²) in [6.07, 6.45) is 0. The number of nitrogens with one attached hydrogen (secondary N) is 1. The van der Waals surface area contributed by atoms with E-state index in [1.807, 2.05) is 51.1 Å². The van der Waals surface area contributed by atoms with Gasteiger partial charge in [-0.2, -0.15) is 0 Å². The third-order valence-corrected chi connectivity index (χ3v) is 5.29. The molecular formula is C24H20N2O3. The monoisotopic (exact) mass is 384 g/mol. The molecule has 1 N–H and O–H groups in total. The second-order valence-corrected chi connectivity index (χ2v) is 7.24. The van der Waals surface area contributed by atoms with Crippen LogP contribution in [0.2, 0.25) is 0 Å². The largest absolute Gasteiger partial charge is 0.322 e. The standard InChI is InChI=1S/C24H20N2O3/c1-14-7-10-18(11-8-14)26-23(28)19-12-9-17(13-20(19)24(26)29)22(27)25-21-6-4-5-15(2)16(21)3/h4-13H,1-3H3,(H,25,27). The molecule has 5 nitrogen and oxygen atoms in total. The van der Waals surface area contributed by atoms with Gasteiger partial charge in [-0.15, -0.1) is 0 Å². The first-order chi connectivity index (χ1) is 13.9. The lowest BCUT2D eigenvalue weighted by atomic mass is 10.0. The number of fused-ring (bicyclic) bond motifs is 1. The SMILES string of the molecule is Cc1ccc(N2C(=O)c3ccc(C(=O)Nc4cccc(C)c4C)cc3C2=O)cc1. The van der Waals surface area contributed by atoms with Crippen molar-refractivity contribution in [2.75, 3.05) is 10.2 Å². The molecule has 1 heterocycles. The van der Waals surface area contributed by atoms with Crippen LogP contribution in [0.3, 0.4) is 0 Å². The summed E-state index contributed by atoms with van der Waals surface area (Å²) in [6, 6.07) is 17.5.